The highest BCUT2D eigenvalue weighted by Crippen LogP contribution is 2.38. The number of ether oxygens (including phenoxy) is 1. The lowest BCUT2D eigenvalue weighted by Gasteiger charge is -2.29. The first-order valence-corrected chi connectivity index (χ1v) is 11.8. The van der Waals surface area contributed by atoms with E-state index in [-0.39, 0.29) is 0 Å². The zero-order chi connectivity index (χ0) is 20.5. The lowest BCUT2D eigenvalue weighted by Crippen LogP contribution is -2.13. The quantitative estimate of drug-likeness (QED) is 0.392. The summed E-state index contributed by atoms with van der Waals surface area (Å²) in [5.41, 5.74) is 3.90. The van der Waals surface area contributed by atoms with Crippen LogP contribution in [0.4, 0.5) is 0 Å². The molecule has 3 nitrogen and oxygen atoms in total. The van der Waals surface area contributed by atoms with Gasteiger partial charge in [0.2, 0.25) is 0 Å². The summed E-state index contributed by atoms with van der Waals surface area (Å²) >= 11 is 0. The number of hydrogen-bond donors (Lipinski definition) is 0. The van der Waals surface area contributed by atoms with Crippen LogP contribution in [0, 0.1) is 12.8 Å². The van der Waals surface area contributed by atoms with Crippen molar-refractivity contribution in [2.75, 3.05) is 6.61 Å². The summed E-state index contributed by atoms with van der Waals surface area (Å²) in [7, 11) is 0. The molecule has 0 saturated heterocycles. The maximum atomic E-state index is 5.68. The van der Waals surface area contributed by atoms with Crippen molar-refractivity contribution in [2.45, 2.75) is 90.9 Å². The third kappa shape index (κ3) is 6.29. The smallest absolute Gasteiger partial charge is 0.159 e. The van der Waals surface area contributed by atoms with Crippen molar-refractivity contribution in [1.29, 1.82) is 0 Å². The van der Waals surface area contributed by atoms with Crippen LogP contribution in [-0.2, 0) is 0 Å². The van der Waals surface area contributed by atoms with Gasteiger partial charge >= 0.3 is 0 Å². The Morgan fingerprint density at radius 3 is 2.31 bits per heavy atom. The Morgan fingerprint density at radius 2 is 1.66 bits per heavy atom. The molecule has 158 valence electrons. The highest BCUT2D eigenvalue weighted by molar-refractivity contribution is 5.60. The van der Waals surface area contributed by atoms with Crippen molar-refractivity contribution in [3.63, 3.8) is 0 Å². The van der Waals surface area contributed by atoms with Crippen molar-refractivity contribution in [3.05, 3.63) is 41.7 Å². The molecule has 0 unspecified atom stereocenters. The fraction of sp³-hybridized carbons (Fsp3) is 0.615. The number of hydrogen-bond acceptors (Lipinski definition) is 3. The molecule has 29 heavy (non-hydrogen) atoms. The molecule has 0 bridgehead atoms. The molecular formula is C26H38N2O. The van der Waals surface area contributed by atoms with Gasteiger partial charge in [0.05, 0.1) is 19.0 Å². The molecule has 0 spiro atoms. The van der Waals surface area contributed by atoms with Gasteiger partial charge in [-0.2, -0.15) is 0 Å². The monoisotopic (exact) mass is 394 g/mol. The summed E-state index contributed by atoms with van der Waals surface area (Å²) < 4.78 is 5.68. The lowest BCUT2D eigenvalue weighted by molar-refractivity contribution is 0.303. The second-order valence-corrected chi connectivity index (χ2v) is 8.73. The molecule has 1 heterocycles. The maximum absolute atomic E-state index is 5.68. The van der Waals surface area contributed by atoms with Gasteiger partial charge in [-0.1, -0.05) is 64.2 Å². The van der Waals surface area contributed by atoms with E-state index in [2.05, 4.69) is 48.9 Å². The molecule has 0 atom stereocenters. The summed E-state index contributed by atoms with van der Waals surface area (Å²) in [6.07, 6.45) is 16.9. The largest absolute Gasteiger partial charge is 0.490 e. The van der Waals surface area contributed by atoms with Crippen molar-refractivity contribution < 1.29 is 4.74 Å². The Labute approximate surface area is 177 Å². The summed E-state index contributed by atoms with van der Waals surface area (Å²) in [6.45, 7) is 7.37. The Kier molecular flexibility index (Phi) is 8.52. The Hall–Kier alpha value is -1.90. The van der Waals surface area contributed by atoms with E-state index in [0.29, 0.717) is 0 Å². The van der Waals surface area contributed by atoms with Gasteiger partial charge in [-0.25, -0.2) is 9.97 Å². The van der Waals surface area contributed by atoms with Crippen LogP contribution in [0.25, 0.3) is 11.4 Å². The summed E-state index contributed by atoms with van der Waals surface area (Å²) in [6, 6.07) is 6.89. The lowest BCUT2D eigenvalue weighted by atomic mass is 9.76. The van der Waals surface area contributed by atoms with Crippen LogP contribution in [-0.4, -0.2) is 16.6 Å². The van der Waals surface area contributed by atoms with Crippen LogP contribution in [0.1, 0.15) is 95.1 Å². The van der Waals surface area contributed by atoms with Gasteiger partial charge < -0.3 is 4.74 Å². The molecule has 0 amide bonds. The summed E-state index contributed by atoms with van der Waals surface area (Å²) in [4.78, 5) is 9.08. The number of nitrogens with zero attached hydrogens (tertiary/aromatic N) is 2. The van der Waals surface area contributed by atoms with E-state index < -0.39 is 0 Å². The van der Waals surface area contributed by atoms with Crippen molar-refractivity contribution >= 4 is 0 Å². The molecule has 1 aromatic heterocycles. The van der Waals surface area contributed by atoms with Crippen LogP contribution < -0.4 is 4.74 Å². The average Bonchev–Trinajstić information content (AvgIpc) is 2.75. The Bertz CT molecular complexity index is 733. The van der Waals surface area contributed by atoms with E-state index in [1.807, 2.05) is 0 Å². The molecule has 0 N–H and O–H groups in total. The Balaban J connectivity index is 1.58. The molecule has 1 aromatic carbocycles. The molecule has 1 saturated carbocycles. The molecule has 0 aliphatic heterocycles. The minimum Gasteiger partial charge on any atom is -0.490 e. The number of aromatic nitrogens is 2. The van der Waals surface area contributed by atoms with E-state index >= 15 is 0 Å². The standard InChI is InChI=1S/C26H38N2O/c1-4-6-8-9-21-10-12-22(13-11-21)23-14-15-25(20(3)17-23)26-27-18-24(19-28-26)29-16-7-5-2/h14-15,17-19,21-22H,4-13,16H2,1-3H3. The van der Waals surface area contributed by atoms with E-state index in [9.17, 15) is 0 Å². The molecule has 3 rings (SSSR count). The third-order valence-electron chi connectivity index (χ3n) is 6.42. The summed E-state index contributed by atoms with van der Waals surface area (Å²) in [5.74, 6) is 3.23. The van der Waals surface area contributed by atoms with Gasteiger partial charge in [-0.05, 0) is 62.0 Å². The van der Waals surface area contributed by atoms with Crippen LogP contribution in [0.2, 0.25) is 0 Å². The van der Waals surface area contributed by atoms with E-state index in [1.54, 1.807) is 12.4 Å². The van der Waals surface area contributed by atoms with Crippen LogP contribution in [0.15, 0.2) is 30.6 Å². The van der Waals surface area contributed by atoms with Crippen molar-refractivity contribution in [1.82, 2.24) is 9.97 Å². The third-order valence-corrected chi connectivity index (χ3v) is 6.42. The summed E-state index contributed by atoms with van der Waals surface area (Å²) in [5, 5.41) is 0. The van der Waals surface area contributed by atoms with E-state index in [1.165, 1.54) is 62.5 Å². The zero-order valence-electron chi connectivity index (χ0n) is 18.6. The number of rotatable bonds is 10. The molecular weight excluding hydrogens is 356 g/mol. The number of aryl methyl sites for hydroxylation is 1. The fourth-order valence-corrected chi connectivity index (χ4v) is 4.52. The topological polar surface area (TPSA) is 35.0 Å². The first-order chi connectivity index (χ1) is 14.2. The molecule has 1 fully saturated rings. The molecule has 1 aliphatic rings. The average molecular weight is 395 g/mol. The molecule has 2 aromatic rings. The van der Waals surface area contributed by atoms with Crippen molar-refractivity contribution in [3.8, 4) is 17.1 Å². The SMILES string of the molecule is CCCCCC1CCC(c2ccc(-c3ncc(OCCCC)cn3)c(C)c2)CC1. The highest BCUT2D eigenvalue weighted by Gasteiger charge is 2.22. The Morgan fingerprint density at radius 1 is 0.931 bits per heavy atom. The van der Waals surface area contributed by atoms with Gasteiger partial charge in [-0.15, -0.1) is 0 Å². The van der Waals surface area contributed by atoms with Gasteiger partial charge in [0.15, 0.2) is 11.6 Å². The second kappa shape index (κ2) is 11.3. The predicted octanol–water partition coefficient (Wildman–Crippen LogP) is 7.49. The maximum Gasteiger partial charge on any atom is 0.159 e. The van der Waals surface area contributed by atoms with E-state index in [0.717, 1.165) is 48.4 Å². The van der Waals surface area contributed by atoms with Crippen LogP contribution in [0.5, 0.6) is 5.75 Å². The minimum absolute atomic E-state index is 0.723. The highest BCUT2D eigenvalue weighted by atomic mass is 16.5. The van der Waals surface area contributed by atoms with Gasteiger partial charge in [-0.3, -0.25) is 0 Å². The zero-order valence-corrected chi connectivity index (χ0v) is 18.6. The number of benzene rings is 1. The van der Waals surface area contributed by atoms with Crippen LogP contribution in [0.3, 0.4) is 0 Å². The van der Waals surface area contributed by atoms with Gasteiger partial charge in [0, 0.05) is 5.56 Å². The van der Waals surface area contributed by atoms with Gasteiger partial charge in [0.25, 0.3) is 0 Å². The fourth-order valence-electron chi connectivity index (χ4n) is 4.52. The van der Waals surface area contributed by atoms with Crippen molar-refractivity contribution in [2.24, 2.45) is 5.92 Å². The predicted molar refractivity (Wildman–Crippen MR) is 121 cm³/mol. The first kappa shape index (κ1) is 21.8. The molecule has 1 aliphatic carbocycles. The van der Waals surface area contributed by atoms with E-state index in [4.69, 9.17) is 4.74 Å². The second-order valence-electron chi connectivity index (χ2n) is 8.73. The number of unbranched alkanes of at least 4 members (excludes halogenated alkanes) is 3. The minimum atomic E-state index is 0.723. The molecule has 0 radical (unpaired) electrons. The molecule has 3 heteroatoms. The normalized spacial score (nSPS) is 19.3. The van der Waals surface area contributed by atoms with Crippen LogP contribution >= 0.6 is 0 Å². The first-order valence-electron chi connectivity index (χ1n) is 11.8. The van der Waals surface area contributed by atoms with Gasteiger partial charge in [0.1, 0.15) is 0 Å².